The molecule has 0 unspecified atom stereocenters. The molecule has 0 aliphatic rings. The lowest BCUT2D eigenvalue weighted by Crippen LogP contribution is -1.92. The predicted octanol–water partition coefficient (Wildman–Crippen LogP) is 3.25. The summed E-state index contributed by atoms with van der Waals surface area (Å²) in [5.74, 6) is 2.63. The number of ether oxygens (including phenoxy) is 2. The van der Waals surface area contributed by atoms with Gasteiger partial charge in [-0.1, -0.05) is 0 Å². The van der Waals surface area contributed by atoms with Crippen molar-refractivity contribution in [3.05, 3.63) is 30.0 Å². The molecular weight excluding hydrogens is 264 g/mol. The van der Waals surface area contributed by atoms with Gasteiger partial charge >= 0.3 is 0 Å². The molecule has 0 N–H and O–H groups in total. The Labute approximate surface area is 116 Å². The van der Waals surface area contributed by atoms with Crippen molar-refractivity contribution in [2.24, 2.45) is 0 Å². The summed E-state index contributed by atoms with van der Waals surface area (Å²) in [5, 5.41) is 7.94. The first-order chi connectivity index (χ1) is 9.13. The zero-order chi connectivity index (χ0) is 13.8. The molecule has 2 rings (SSSR count). The lowest BCUT2D eigenvalue weighted by molar-refractivity contribution is 0.354. The molecule has 5 nitrogen and oxygen atoms in total. The van der Waals surface area contributed by atoms with Crippen molar-refractivity contribution in [1.29, 1.82) is 0 Å². The van der Waals surface area contributed by atoms with Gasteiger partial charge in [-0.15, -0.1) is 22.0 Å². The van der Waals surface area contributed by atoms with E-state index in [1.807, 2.05) is 25.1 Å². The fourth-order valence-corrected chi connectivity index (χ4v) is 2.55. The van der Waals surface area contributed by atoms with Crippen molar-refractivity contribution < 1.29 is 13.9 Å². The topological polar surface area (TPSA) is 57.4 Å². The second-order valence-electron chi connectivity index (χ2n) is 3.94. The van der Waals surface area contributed by atoms with Crippen LogP contribution in [0, 0.1) is 6.92 Å². The van der Waals surface area contributed by atoms with E-state index in [0.717, 1.165) is 4.90 Å². The van der Waals surface area contributed by atoms with E-state index in [9.17, 15) is 0 Å². The summed E-state index contributed by atoms with van der Waals surface area (Å²) in [7, 11) is 3.24. The predicted molar refractivity (Wildman–Crippen MR) is 72.9 cm³/mol. The van der Waals surface area contributed by atoms with Crippen molar-refractivity contribution in [2.75, 3.05) is 14.2 Å². The SMILES string of the molecule is COc1ccc(S[C@H](C)c2nnc(C)o2)cc1OC. The van der Waals surface area contributed by atoms with Gasteiger partial charge in [-0.3, -0.25) is 0 Å². The van der Waals surface area contributed by atoms with Gasteiger partial charge in [0, 0.05) is 11.8 Å². The molecule has 1 heterocycles. The molecule has 0 amide bonds. The number of methoxy groups -OCH3 is 2. The molecule has 1 aromatic heterocycles. The van der Waals surface area contributed by atoms with Gasteiger partial charge in [0.05, 0.1) is 19.5 Å². The summed E-state index contributed by atoms with van der Waals surface area (Å²) in [5.41, 5.74) is 0. The molecule has 1 atom stereocenters. The van der Waals surface area contributed by atoms with Crippen molar-refractivity contribution in [3.63, 3.8) is 0 Å². The molecule has 0 bridgehead atoms. The second-order valence-corrected chi connectivity index (χ2v) is 5.35. The lowest BCUT2D eigenvalue weighted by atomic mass is 10.3. The summed E-state index contributed by atoms with van der Waals surface area (Å²) >= 11 is 1.63. The molecule has 1 aromatic carbocycles. The molecular formula is C13H16N2O3S. The van der Waals surface area contributed by atoms with Crippen molar-refractivity contribution in [2.45, 2.75) is 24.0 Å². The van der Waals surface area contributed by atoms with E-state index in [2.05, 4.69) is 10.2 Å². The Bertz CT molecular complexity index is 557. The number of aromatic nitrogens is 2. The highest BCUT2D eigenvalue weighted by Crippen LogP contribution is 2.38. The Balaban J connectivity index is 2.14. The van der Waals surface area contributed by atoms with Crippen LogP contribution >= 0.6 is 11.8 Å². The Morgan fingerprint density at radius 2 is 1.89 bits per heavy atom. The van der Waals surface area contributed by atoms with Crippen LogP contribution in [-0.4, -0.2) is 24.4 Å². The molecule has 0 fully saturated rings. The highest BCUT2D eigenvalue weighted by atomic mass is 32.2. The zero-order valence-corrected chi connectivity index (χ0v) is 12.2. The van der Waals surface area contributed by atoms with Gasteiger partial charge in [-0.2, -0.15) is 0 Å². The Morgan fingerprint density at radius 1 is 1.16 bits per heavy atom. The van der Waals surface area contributed by atoms with Crippen LogP contribution in [0.2, 0.25) is 0 Å². The van der Waals surface area contributed by atoms with E-state index < -0.39 is 0 Å². The van der Waals surface area contributed by atoms with Crippen molar-refractivity contribution in [3.8, 4) is 11.5 Å². The fourth-order valence-electron chi connectivity index (χ4n) is 1.62. The second kappa shape index (κ2) is 5.97. The quantitative estimate of drug-likeness (QED) is 0.784. The zero-order valence-electron chi connectivity index (χ0n) is 11.3. The maximum Gasteiger partial charge on any atom is 0.229 e. The van der Waals surface area contributed by atoms with Gasteiger partial charge in [-0.05, 0) is 25.1 Å². The minimum absolute atomic E-state index is 0.0827. The number of hydrogen-bond acceptors (Lipinski definition) is 6. The fraction of sp³-hybridized carbons (Fsp3) is 0.385. The number of rotatable bonds is 5. The molecule has 6 heteroatoms. The summed E-state index contributed by atoms with van der Waals surface area (Å²) in [4.78, 5) is 1.06. The molecule has 0 radical (unpaired) electrons. The van der Waals surface area contributed by atoms with Crippen LogP contribution in [0.15, 0.2) is 27.5 Å². The van der Waals surface area contributed by atoms with Gasteiger partial charge in [0.1, 0.15) is 0 Å². The maximum absolute atomic E-state index is 5.42. The Hall–Kier alpha value is -1.69. The average molecular weight is 280 g/mol. The number of hydrogen-bond donors (Lipinski definition) is 0. The molecule has 2 aromatic rings. The van der Waals surface area contributed by atoms with Gasteiger partial charge in [0.2, 0.25) is 11.8 Å². The summed E-state index contributed by atoms with van der Waals surface area (Å²) in [6.45, 7) is 3.80. The summed E-state index contributed by atoms with van der Waals surface area (Å²) in [6, 6.07) is 5.79. The molecule has 102 valence electrons. The molecule has 0 saturated heterocycles. The van der Waals surface area contributed by atoms with Crippen molar-refractivity contribution in [1.82, 2.24) is 10.2 Å². The average Bonchev–Trinajstić information content (AvgIpc) is 2.85. The first-order valence-electron chi connectivity index (χ1n) is 5.82. The third-order valence-electron chi connectivity index (χ3n) is 2.56. The van der Waals surface area contributed by atoms with E-state index in [0.29, 0.717) is 23.3 Å². The molecule has 0 aliphatic heterocycles. The maximum atomic E-state index is 5.42. The van der Waals surface area contributed by atoms with Crippen LogP contribution < -0.4 is 9.47 Å². The number of aryl methyl sites for hydroxylation is 1. The van der Waals surface area contributed by atoms with Gasteiger partial charge in [0.15, 0.2) is 11.5 Å². The highest BCUT2D eigenvalue weighted by molar-refractivity contribution is 7.99. The van der Waals surface area contributed by atoms with Gasteiger partial charge < -0.3 is 13.9 Å². The lowest BCUT2D eigenvalue weighted by Gasteiger charge is -2.11. The molecule has 0 aliphatic carbocycles. The van der Waals surface area contributed by atoms with Gasteiger partial charge in [0.25, 0.3) is 0 Å². The van der Waals surface area contributed by atoms with E-state index in [-0.39, 0.29) is 5.25 Å². The van der Waals surface area contributed by atoms with E-state index in [1.165, 1.54) is 0 Å². The largest absolute Gasteiger partial charge is 0.493 e. The highest BCUT2D eigenvalue weighted by Gasteiger charge is 2.15. The Kier molecular flexibility index (Phi) is 4.31. The number of benzene rings is 1. The van der Waals surface area contributed by atoms with Crippen LogP contribution in [0.1, 0.15) is 24.0 Å². The monoisotopic (exact) mass is 280 g/mol. The van der Waals surface area contributed by atoms with Crippen LogP contribution in [0.4, 0.5) is 0 Å². The molecule has 19 heavy (non-hydrogen) atoms. The van der Waals surface area contributed by atoms with E-state index in [4.69, 9.17) is 13.9 Å². The van der Waals surface area contributed by atoms with Crippen LogP contribution in [0.25, 0.3) is 0 Å². The first-order valence-corrected chi connectivity index (χ1v) is 6.70. The van der Waals surface area contributed by atoms with Crippen LogP contribution in [0.3, 0.4) is 0 Å². The number of thioether (sulfide) groups is 1. The third-order valence-corrected chi connectivity index (χ3v) is 3.64. The third kappa shape index (κ3) is 3.20. The minimum Gasteiger partial charge on any atom is -0.493 e. The van der Waals surface area contributed by atoms with Gasteiger partial charge in [-0.25, -0.2) is 0 Å². The normalized spacial score (nSPS) is 12.2. The molecule has 0 saturated carbocycles. The van der Waals surface area contributed by atoms with E-state index in [1.54, 1.807) is 32.9 Å². The number of nitrogens with zero attached hydrogens (tertiary/aromatic N) is 2. The van der Waals surface area contributed by atoms with Crippen molar-refractivity contribution >= 4 is 11.8 Å². The summed E-state index contributed by atoms with van der Waals surface area (Å²) < 4.78 is 15.9. The van der Waals surface area contributed by atoms with Crippen LogP contribution in [0.5, 0.6) is 11.5 Å². The first kappa shape index (κ1) is 13.7. The summed E-state index contributed by atoms with van der Waals surface area (Å²) in [6.07, 6.45) is 0. The Morgan fingerprint density at radius 3 is 2.47 bits per heavy atom. The van der Waals surface area contributed by atoms with E-state index >= 15 is 0 Å². The minimum atomic E-state index is 0.0827. The molecule has 0 spiro atoms. The smallest absolute Gasteiger partial charge is 0.229 e. The van der Waals surface area contributed by atoms with Crippen LogP contribution in [-0.2, 0) is 0 Å². The standard InChI is InChI=1S/C13H16N2O3S/c1-8(13-15-14-9(2)18-13)19-10-5-6-11(16-3)12(7-10)17-4/h5-8H,1-4H3/t8-/m1/s1.